The zero-order valence-corrected chi connectivity index (χ0v) is 16.3. The van der Waals surface area contributed by atoms with Crippen molar-refractivity contribution in [3.05, 3.63) is 42.0 Å². The molecule has 2 aromatic rings. The molecule has 28 heavy (non-hydrogen) atoms. The van der Waals surface area contributed by atoms with Gasteiger partial charge < -0.3 is 14.7 Å². The number of aromatic nitrogens is 2. The van der Waals surface area contributed by atoms with E-state index in [4.69, 9.17) is 0 Å². The van der Waals surface area contributed by atoms with Crippen LogP contribution in [0, 0.1) is 17.1 Å². The Morgan fingerprint density at radius 2 is 1.75 bits per heavy atom. The molecule has 2 aliphatic rings. The Bertz CT molecular complexity index is 881. The number of benzene rings is 1. The van der Waals surface area contributed by atoms with Crippen LogP contribution in [0.25, 0.3) is 0 Å². The Kier molecular flexibility index (Phi) is 5.03. The third-order valence-corrected chi connectivity index (χ3v) is 5.58. The van der Waals surface area contributed by atoms with Crippen molar-refractivity contribution in [2.75, 3.05) is 41.9 Å². The molecule has 0 amide bonds. The highest BCUT2D eigenvalue weighted by atomic mass is 19.1. The van der Waals surface area contributed by atoms with Crippen molar-refractivity contribution in [1.82, 2.24) is 9.97 Å². The molecule has 1 saturated heterocycles. The largest absolute Gasteiger partial charge is 0.368 e. The molecule has 1 aromatic carbocycles. The third kappa shape index (κ3) is 3.59. The zero-order valence-electron chi connectivity index (χ0n) is 16.3. The van der Waals surface area contributed by atoms with Crippen molar-refractivity contribution in [2.24, 2.45) is 0 Å². The minimum Gasteiger partial charge on any atom is -0.368 e. The summed E-state index contributed by atoms with van der Waals surface area (Å²) in [7, 11) is 3.96. The summed E-state index contributed by atoms with van der Waals surface area (Å²) in [5.41, 5.74) is 0.849. The van der Waals surface area contributed by atoms with Crippen molar-refractivity contribution in [3.8, 4) is 6.07 Å². The van der Waals surface area contributed by atoms with Gasteiger partial charge in [-0.15, -0.1) is 0 Å². The van der Waals surface area contributed by atoms with Gasteiger partial charge in [0.05, 0.1) is 11.3 Å². The standard InChI is InChI=1S/C21H25FN6/c1-26(2)19-12-20(25-14-24-19)28(16-6-7-16)17-8-10-27(11-9-17)21-15(13-23)4-3-5-18(21)22/h3-5,12,14,16-17H,6-11H2,1-2H3. The maximum atomic E-state index is 14.4. The second-order valence-corrected chi connectivity index (χ2v) is 7.73. The van der Waals surface area contributed by atoms with Crippen molar-refractivity contribution in [1.29, 1.82) is 5.26 Å². The second-order valence-electron chi connectivity index (χ2n) is 7.73. The summed E-state index contributed by atoms with van der Waals surface area (Å²) in [6, 6.07) is 9.79. The first-order valence-electron chi connectivity index (χ1n) is 9.79. The first kappa shape index (κ1) is 18.5. The van der Waals surface area contributed by atoms with Crippen LogP contribution in [0.15, 0.2) is 30.6 Å². The SMILES string of the molecule is CN(C)c1cc(N(C2CC2)C2CCN(c3c(F)cccc3C#N)CC2)ncn1. The van der Waals surface area contributed by atoms with E-state index in [-0.39, 0.29) is 5.82 Å². The molecule has 0 N–H and O–H groups in total. The fourth-order valence-corrected chi connectivity index (χ4v) is 4.04. The van der Waals surface area contributed by atoms with Gasteiger partial charge in [-0.05, 0) is 37.8 Å². The molecule has 7 heteroatoms. The van der Waals surface area contributed by atoms with Gasteiger partial charge in [0.15, 0.2) is 0 Å². The fourth-order valence-electron chi connectivity index (χ4n) is 4.04. The molecule has 1 saturated carbocycles. The van der Waals surface area contributed by atoms with Crippen LogP contribution in [0.2, 0.25) is 0 Å². The number of nitriles is 1. The Morgan fingerprint density at radius 3 is 2.39 bits per heavy atom. The summed E-state index contributed by atoms with van der Waals surface area (Å²) < 4.78 is 14.4. The van der Waals surface area contributed by atoms with E-state index in [9.17, 15) is 9.65 Å². The highest BCUT2D eigenvalue weighted by Crippen LogP contribution is 2.37. The molecule has 0 radical (unpaired) electrons. The van der Waals surface area contributed by atoms with Gasteiger partial charge in [0.25, 0.3) is 0 Å². The molecule has 0 atom stereocenters. The molecule has 146 valence electrons. The number of piperidine rings is 1. The monoisotopic (exact) mass is 380 g/mol. The zero-order chi connectivity index (χ0) is 19.7. The molecule has 4 rings (SSSR count). The summed E-state index contributed by atoms with van der Waals surface area (Å²) in [6.07, 6.45) is 5.84. The van der Waals surface area contributed by atoms with Crippen LogP contribution < -0.4 is 14.7 Å². The highest BCUT2D eigenvalue weighted by molar-refractivity contribution is 5.61. The predicted molar refractivity (Wildman–Crippen MR) is 108 cm³/mol. The molecule has 6 nitrogen and oxygen atoms in total. The van der Waals surface area contributed by atoms with Crippen molar-refractivity contribution in [2.45, 2.75) is 37.8 Å². The lowest BCUT2D eigenvalue weighted by Gasteiger charge is -2.40. The molecule has 1 aromatic heterocycles. The number of hydrogen-bond donors (Lipinski definition) is 0. The van der Waals surface area contributed by atoms with Crippen LogP contribution in [-0.4, -0.2) is 49.2 Å². The summed E-state index contributed by atoms with van der Waals surface area (Å²) in [6.45, 7) is 1.46. The number of para-hydroxylation sites is 1. The Morgan fingerprint density at radius 1 is 1.07 bits per heavy atom. The van der Waals surface area contributed by atoms with E-state index in [1.54, 1.807) is 18.5 Å². The summed E-state index contributed by atoms with van der Waals surface area (Å²) in [4.78, 5) is 15.3. The van der Waals surface area contributed by atoms with Crippen LogP contribution in [0.4, 0.5) is 21.7 Å². The minimum absolute atomic E-state index is 0.317. The quantitative estimate of drug-likeness (QED) is 0.794. The van der Waals surface area contributed by atoms with E-state index in [1.165, 1.54) is 18.9 Å². The fraction of sp³-hybridized carbons (Fsp3) is 0.476. The van der Waals surface area contributed by atoms with Crippen molar-refractivity contribution < 1.29 is 4.39 Å². The molecule has 1 aliphatic carbocycles. The molecule has 1 aliphatic heterocycles. The van der Waals surface area contributed by atoms with E-state index in [0.717, 1.165) is 37.6 Å². The highest BCUT2D eigenvalue weighted by Gasteiger charge is 2.37. The number of nitrogens with zero attached hydrogens (tertiary/aromatic N) is 6. The van der Waals surface area contributed by atoms with E-state index in [2.05, 4.69) is 27.0 Å². The van der Waals surface area contributed by atoms with Gasteiger partial charge in [0.2, 0.25) is 0 Å². The number of anilines is 3. The number of hydrogen-bond acceptors (Lipinski definition) is 6. The first-order valence-corrected chi connectivity index (χ1v) is 9.79. The van der Waals surface area contributed by atoms with Gasteiger partial charge in [-0.3, -0.25) is 0 Å². The van der Waals surface area contributed by atoms with Gasteiger partial charge in [-0.25, -0.2) is 14.4 Å². The molecule has 0 unspecified atom stereocenters. The van der Waals surface area contributed by atoms with Crippen LogP contribution >= 0.6 is 0 Å². The number of rotatable bonds is 5. The summed E-state index contributed by atoms with van der Waals surface area (Å²) in [5, 5.41) is 9.34. The maximum Gasteiger partial charge on any atom is 0.147 e. The lowest BCUT2D eigenvalue weighted by molar-refractivity contribution is 0.455. The third-order valence-electron chi connectivity index (χ3n) is 5.58. The summed E-state index contributed by atoms with van der Waals surface area (Å²) >= 11 is 0. The summed E-state index contributed by atoms with van der Waals surface area (Å²) in [5.74, 6) is 1.56. The van der Waals surface area contributed by atoms with Gasteiger partial charge in [0, 0.05) is 45.3 Å². The Balaban J connectivity index is 1.52. The average Bonchev–Trinajstić information content (AvgIpc) is 3.54. The first-order chi connectivity index (χ1) is 13.6. The Hall–Kier alpha value is -2.88. The lowest BCUT2D eigenvalue weighted by Crippen LogP contribution is -2.47. The molecule has 0 spiro atoms. The normalized spacial score (nSPS) is 17.3. The lowest BCUT2D eigenvalue weighted by atomic mass is 10.0. The van der Waals surface area contributed by atoms with E-state index < -0.39 is 0 Å². The molecule has 2 heterocycles. The molecular formula is C21H25FN6. The van der Waals surface area contributed by atoms with E-state index in [0.29, 0.717) is 23.3 Å². The number of halogens is 1. The van der Waals surface area contributed by atoms with Crippen LogP contribution in [0.5, 0.6) is 0 Å². The average molecular weight is 380 g/mol. The second kappa shape index (κ2) is 7.63. The van der Waals surface area contributed by atoms with Gasteiger partial charge in [-0.2, -0.15) is 5.26 Å². The van der Waals surface area contributed by atoms with Gasteiger partial charge in [-0.1, -0.05) is 6.07 Å². The topological polar surface area (TPSA) is 59.3 Å². The van der Waals surface area contributed by atoms with Crippen LogP contribution in [-0.2, 0) is 0 Å². The van der Waals surface area contributed by atoms with Crippen LogP contribution in [0.1, 0.15) is 31.2 Å². The van der Waals surface area contributed by atoms with Crippen molar-refractivity contribution in [3.63, 3.8) is 0 Å². The maximum absolute atomic E-state index is 14.4. The van der Waals surface area contributed by atoms with E-state index >= 15 is 0 Å². The smallest absolute Gasteiger partial charge is 0.147 e. The van der Waals surface area contributed by atoms with Gasteiger partial charge in [0.1, 0.15) is 29.8 Å². The van der Waals surface area contributed by atoms with Gasteiger partial charge >= 0.3 is 0 Å². The minimum atomic E-state index is -0.317. The molecular weight excluding hydrogens is 355 g/mol. The van der Waals surface area contributed by atoms with Crippen LogP contribution in [0.3, 0.4) is 0 Å². The van der Waals surface area contributed by atoms with Crippen molar-refractivity contribution >= 4 is 17.3 Å². The molecule has 0 bridgehead atoms. The molecule has 2 fully saturated rings. The predicted octanol–water partition coefficient (Wildman–Crippen LogP) is 3.19. The Labute approximate surface area is 165 Å². The van der Waals surface area contributed by atoms with E-state index in [1.807, 2.05) is 23.9 Å².